The largest absolute Gasteiger partial charge is 0.0614 e. The van der Waals surface area contributed by atoms with Gasteiger partial charge in [0.15, 0.2) is 0 Å². The number of aryl methyl sites for hydroxylation is 1. The van der Waals surface area contributed by atoms with Crippen LogP contribution in [0.1, 0.15) is 31.9 Å². The summed E-state index contributed by atoms with van der Waals surface area (Å²) in [5.41, 5.74) is 5.38. The Balaban J connectivity index is 2.57. The van der Waals surface area contributed by atoms with E-state index < -0.39 is 0 Å². The fourth-order valence-corrected chi connectivity index (χ4v) is 2.50. The van der Waals surface area contributed by atoms with Gasteiger partial charge in [0.1, 0.15) is 0 Å². The first-order valence-electron chi connectivity index (χ1n) is 6.25. The molecule has 0 atom stereocenters. The Kier molecular flexibility index (Phi) is 3.63. The van der Waals surface area contributed by atoms with Crippen molar-refractivity contribution in [3.8, 4) is 11.1 Å². The maximum Gasteiger partial charge on any atom is 0.0253 e. The lowest BCUT2D eigenvalue weighted by Crippen LogP contribution is -2.10. The number of benzene rings is 2. The molecule has 0 nitrogen and oxygen atoms in total. The predicted molar refractivity (Wildman–Crippen MR) is 83.0 cm³/mol. The van der Waals surface area contributed by atoms with Gasteiger partial charge in [-0.15, -0.1) is 0 Å². The number of hydrogen-bond donors (Lipinski definition) is 0. The Hall–Kier alpha value is -1.08. The molecule has 0 spiro atoms. The summed E-state index contributed by atoms with van der Waals surface area (Å²) in [5, 5.41) is 0. The van der Waals surface area contributed by atoms with Gasteiger partial charge in [0.2, 0.25) is 0 Å². The molecule has 0 bridgehead atoms. The van der Waals surface area contributed by atoms with Gasteiger partial charge in [-0.05, 0) is 41.2 Å². The predicted octanol–water partition coefficient (Wildman–Crippen LogP) is 5.72. The second-order valence-corrected chi connectivity index (χ2v) is 6.67. The third-order valence-corrected chi connectivity index (χ3v) is 3.85. The molecule has 2 rings (SSSR count). The molecule has 0 aliphatic rings. The Morgan fingerprint density at radius 2 is 1.67 bits per heavy atom. The van der Waals surface area contributed by atoms with Crippen LogP contribution in [0.25, 0.3) is 11.1 Å². The summed E-state index contributed by atoms with van der Waals surface area (Å²) < 4.78 is 1.15. The van der Waals surface area contributed by atoms with E-state index in [0.29, 0.717) is 0 Å². The molecule has 0 fully saturated rings. The Morgan fingerprint density at radius 1 is 0.944 bits per heavy atom. The van der Waals surface area contributed by atoms with Crippen LogP contribution in [0.15, 0.2) is 46.9 Å². The van der Waals surface area contributed by atoms with E-state index in [0.717, 1.165) is 4.47 Å². The molecular weight excluding hydrogens is 284 g/mol. The van der Waals surface area contributed by atoms with Crippen molar-refractivity contribution in [1.82, 2.24) is 0 Å². The minimum Gasteiger partial charge on any atom is -0.0614 e. The van der Waals surface area contributed by atoms with Crippen LogP contribution in [-0.4, -0.2) is 0 Å². The van der Waals surface area contributed by atoms with Crippen LogP contribution < -0.4 is 0 Å². The lowest BCUT2D eigenvalue weighted by Gasteiger charge is -2.20. The summed E-state index contributed by atoms with van der Waals surface area (Å²) in [5.74, 6) is 0. The fraction of sp³-hybridized carbons (Fsp3) is 0.294. The van der Waals surface area contributed by atoms with Gasteiger partial charge in [0.25, 0.3) is 0 Å². The molecule has 0 heterocycles. The first kappa shape index (κ1) is 13.4. The lowest BCUT2D eigenvalue weighted by molar-refractivity contribution is 0.590. The highest BCUT2D eigenvalue weighted by Crippen LogP contribution is 2.33. The van der Waals surface area contributed by atoms with E-state index in [9.17, 15) is 0 Å². The summed E-state index contributed by atoms with van der Waals surface area (Å²) in [6, 6.07) is 15.3. The molecule has 18 heavy (non-hydrogen) atoms. The number of halogens is 1. The molecule has 0 aliphatic carbocycles. The van der Waals surface area contributed by atoms with Crippen molar-refractivity contribution >= 4 is 15.9 Å². The zero-order valence-electron chi connectivity index (χ0n) is 11.4. The van der Waals surface area contributed by atoms with Crippen LogP contribution in [0.5, 0.6) is 0 Å². The highest BCUT2D eigenvalue weighted by Gasteiger charge is 2.15. The second kappa shape index (κ2) is 4.89. The average Bonchev–Trinajstić information content (AvgIpc) is 2.28. The summed E-state index contributed by atoms with van der Waals surface area (Å²) in [6.07, 6.45) is 0. The van der Waals surface area contributed by atoms with Gasteiger partial charge < -0.3 is 0 Å². The molecule has 0 N–H and O–H groups in total. The summed E-state index contributed by atoms with van der Waals surface area (Å²) in [6.45, 7) is 8.87. The van der Waals surface area contributed by atoms with Crippen molar-refractivity contribution in [3.05, 3.63) is 58.1 Å². The van der Waals surface area contributed by atoms with Gasteiger partial charge in [-0.2, -0.15) is 0 Å². The van der Waals surface area contributed by atoms with E-state index in [1.54, 1.807) is 0 Å². The molecule has 0 saturated carbocycles. The zero-order chi connectivity index (χ0) is 13.3. The minimum atomic E-state index is 0.180. The lowest BCUT2D eigenvalue weighted by atomic mass is 9.85. The van der Waals surface area contributed by atoms with Gasteiger partial charge in [-0.3, -0.25) is 0 Å². The van der Waals surface area contributed by atoms with Crippen molar-refractivity contribution in [3.63, 3.8) is 0 Å². The van der Waals surface area contributed by atoms with Gasteiger partial charge in [0.05, 0.1) is 0 Å². The van der Waals surface area contributed by atoms with E-state index >= 15 is 0 Å². The molecule has 0 radical (unpaired) electrons. The van der Waals surface area contributed by atoms with Crippen LogP contribution in [0, 0.1) is 6.92 Å². The Bertz CT molecular complexity index is 562. The zero-order valence-corrected chi connectivity index (χ0v) is 13.0. The molecule has 2 aromatic rings. The maximum absolute atomic E-state index is 3.66. The topological polar surface area (TPSA) is 0 Å². The third kappa shape index (κ3) is 2.84. The smallest absolute Gasteiger partial charge is 0.0253 e. The van der Waals surface area contributed by atoms with Crippen molar-refractivity contribution in [2.45, 2.75) is 33.1 Å². The van der Waals surface area contributed by atoms with E-state index in [1.165, 1.54) is 22.3 Å². The van der Waals surface area contributed by atoms with E-state index in [2.05, 4.69) is 86.1 Å². The van der Waals surface area contributed by atoms with Crippen molar-refractivity contribution < 1.29 is 0 Å². The summed E-state index contributed by atoms with van der Waals surface area (Å²) in [4.78, 5) is 0. The van der Waals surface area contributed by atoms with Crippen LogP contribution in [0.3, 0.4) is 0 Å². The molecule has 0 aromatic heterocycles. The molecule has 1 heteroatoms. The quantitative estimate of drug-likeness (QED) is 0.632. The van der Waals surface area contributed by atoms with E-state index in [4.69, 9.17) is 0 Å². The first-order chi connectivity index (χ1) is 8.38. The Morgan fingerprint density at radius 3 is 2.28 bits per heavy atom. The van der Waals surface area contributed by atoms with Crippen LogP contribution in [0.2, 0.25) is 0 Å². The SMILES string of the molecule is Cc1cccc(-c2cc(C(C)(C)C)ccc2Br)c1. The molecule has 0 aliphatic heterocycles. The molecule has 0 unspecified atom stereocenters. The average molecular weight is 303 g/mol. The summed E-state index contributed by atoms with van der Waals surface area (Å²) >= 11 is 3.66. The maximum atomic E-state index is 3.66. The van der Waals surface area contributed by atoms with Crippen LogP contribution >= 0.6 is 15.9 Å². The standard InChI is InChI=1S/C17H19Br/c1-12-6-5-7-13(10-12)15-11-14(17(2,3)4)8-9-16(15)18/h5-11H,1-4H3. The van der Waals surface area contributed by atoms with Crippen LogP contribution in [-0.2, 0) is 5.41 Å². The molecule has 0 saturated heterocycles. The van der Waals surface area contributed by atoms with Gasteiger partial charge in [-0.1, -0.05) is 72.6 Å². The molecule has 2 aromatic carbocycles. The van der Waals surface area contributed by atoms with Crippen molar-refractivity contribution in [2.24, 2.45) is 0 Å². The summed E-state index contributed by atoms with van der Waals surface area (Å²) in [7, 11) is 0. The van der Waals surface area contributed by atoms with Gasteiger partial charge in [0, 0.05) is 4.47 Å². The van der Waals surface area contributed by atoms with Crippen molar-refractivity contribution in [2.75, 3.05) is 0 Å². The van der Waals surface area contributed by atoms with Gasteiger partial charge >= 0.3 is 0 Å². The number of rotatable bonds is 1. The fourth-order valence-electron chi connectivity index (χ4n) is 2.03. The van der Waals surface area contributed by atoms with Crippen molar-refractivity contribution in [1.29, 1.82) is 0 Å². The van der Waals surface area contributed by atoms with Gasteiger partial charge in [-0.25, -0.2) is 0 Å². The first-order valence-corrected chi connectivity index (χ1v) is 7.04. The van der Waals surface area contributed by atoms with Crippen LogP contribution in [0.4, 0.5) is 0 Å². The van der Waals surface area contributed by atoms with E-state index in [1.807, 2.05) is 0 Å². The normalized spacial score (nSPS) is 11.6. The highest BCUT2D eigenvalue weighted by molar-refractivity contribution is 9.10. The molecule has 94 valence electrons. The monoisotopic (exact) mass is 302 g/mol. The minimum absolute atomic E-state index is 0.180. The molecule has 0 amide bonds. The highest BCUT2D eigenvalue weighted by atomic mass is 79.9. The second-order valence-electron chi connectivity index (χ2n) is 5.81. The number of hydrogen-bond acceptors (Lipinski definition) is 0. The third-order valence-electron chi connectivity index (χ3n) is 3.16. The molecular formula is C17H19Br. The Labute approximate surface area is 118 Å². The van der Waals surface area contributed by atoms with E-state index in [-0.39, 0.29) is 5.41 Å².